The van der Waals surface area contributed by atoms with Gasteiger partial charge in [0, 0.05) is 11.4 Å². The lowest BCUT2D eigenvalue weighted by atomic mass is 10.0. The molecule has 10 nitrogen and oxygen atoms in total. The van der Waals surface area contributed by atoms with Crippen LogP contribution >= 0.6 is 11.6 Å². The summed E-state index contributed by atoms with van der Waals surface area (Å²) in [6, 6.07) is 11.3. The molecular formula is C28H35ClN4O6. The molecule has 1 heterocycles. The minimum atomic E-state index is -1.01. The van der Waals surface area contributed by atoms with Gasteiger partial charge < -0.3 is 30.7 Å². The third kappa shape index (κ3) is 9.17. The monoisotopic (exact) mass is 558 g/mol. The lowest BCUT2D eigenvalue weighted by Gasteiger charge is -2.24. The number of para-hydroxylation sites is 1. The van der Waals surface area contributed by atoms with Crippen molar-refractivity contribution in [1.29, 1.82) is 0 Å². The Labute approximate surface area is 233 Å². The van der Waals surface area contributed by atoms with Crippen LogP contribution in [0.4, 0.5) is 0 Å². The topological polar surface area (TPSA) is 135 Å². The van der Waals surface area contributed by atoms with Gasteiger partial charge in [0.25, 0.3) is 5.91 Å². The summed E-state index contributed by atoms with van der Waals surface area (Å²) in [5, 5.41) is 11.7. The zero-order chi connectivity index (χ0) is 28.4. The van der Waals surface area contributed by atoms with Gasteiger partial charge in [0.15, 0.2) is 0 Å². The number of rotatable bonds is 6. The minimum absolute atomic E-state index is 0.0211. The highest BCUT2D eigenvalue weighted by Gasteiger charge is 2.28. The molecule has 0 unspecified atom stereocenters. The lowest BCUT2D eigenvalue weighted by Crippen LogP contribution is -2.53. The lowest BCUT2D eigenvalue weighted by molar-refractivity contribution is -0.131. The van der Waals surface area contributed by atoms with Crippen molar-refractivity contribution in [2.24, 2.45) is 5.92 Å². The number of benzene rings is 2. The first kappa shape index (κ1) is 29.8. The van der Waals surface area contributed by atoms with Crippen molar-refractivity contribution < 1.29 is 28.7 Å². The van der Waals surface area contributed by atoms with Crippen LogP contribution < -0.4 is 30.7 Å². The van der Waals surface area contributed by atoms with Crippen LogP contribution in [0.3, 0.4) is 0 Å². The molecule has 0 radical (unpaired) electrons. The highest BCUT2D eigenvalue weighted by atomic mass is 35.5. The van der Waals surface area contributed by atoms with E-state index in [4.69, 9.17) is 21.1 Å². The van der Waals surface area contributed by atoms with Crippen molar-refractivity contribution >= 4 is 35.2 Å². The fourth-order valence-corrected chi connectivity index (χ4v) is 4.05. The Hall–Kier alpha value is -3.79. The summed E-state index contributed by atoms with van der Waals surface area (Å²) in [4.78, 5) is 51.9. The third-order valence-electron chi connectivity index (χ3n) is 6.04. The van der Waals surface area contributed by atoms with Crippen molar-refractivity contribution in [2.45, 2.75) is 51.7 Å². The number of carbonyl (C=O) groups excluding carboxylic acids is 4. The predicted molar refractivity (Wildman–Crippen MR) is 147 cm³/mol. The number of amides is 4. The molecule has 3 atom stereocenters. The van der Waals surface area contributed by atoms with E-state index in [2.05, 4.69) is 21.3 Å². The molecule has 210 valence electrons. The Morgan fingerprint density at radius 1 is 1.08 bits per heavy atom. The molecule has 0 bridgehead atoms. The number of ether oxygens (including phenoxy) is 2. The van der Waals surface area contributed by atoms with E-state index in [1.165, 1.54) is 0 Å². The van der Waals surface area contributed by atoms with E-state index in [-0.39, 0.29) is 56.0 Å². The van der Waals surface area contributed by atoms with Crippen LogP contribution in [0.5, 0.6) is 11.5 Å². The summed E-state index contributed by atoms with van der Waals surface area (Å²) in [5.41, 5.74) is 0.235. The Bertz CT molecular complexity index is 1160. The van der Waals surface area contributed by atoms with Crippen LogP contribution in [0.1, 0.15) is 44.0 Å². The van der Waals surface area contributed by atoms with Crippen LogP contribution in [-0.2, 0) is 14.4 Å². The molecule has 4 N–H and O–H groups in total. The Balaban J connectivity index is 1.74. The number of hydrogen-bond acceptors (Lipinski definition) is 6. The van der Waals surface area contributed by atoms with Crippen molar-refractivity contribution in [3.63, 3.8) is 0 Å². The molecular weight excluding hydrogens is 524 g/mol. The second-order valence-corrected chi connectivity index (χ2v) is 10.1. The fourth-order valence-electron chi connectivity index (χ4n) is 3.93. The van der Waals surface area contributed by atoms with Gasteiger partial charge in [0.2, 0.25) is 17.7 Å². The first-order valence-corrected chi connectivity index (χ1v) is 13.3. The number of nitrogens with one attached hydrogen (secondary N) is 4. The second kappa shape index (κ2) is 14.4. The Kier molecular flexibility index (Phi) is 11.0. The molecule has 4 amide bonds. The molecule has 1 aliphatic heterocycles. The molecule has 0 saturated heterocycles. The summed E-state index contributed by atoms with van der Waals surface area (Å²) >= 11 is 5.88. The quantitative estimate of drug-likeness (QED) is 0.402. The zero-order valence-corrected chi connectivity index (χ0v) is 23.0. The summed E-state index contributed by atoms with van der Waals surface area (Å²) in [7, 11) is 0. The van der Waals surface area contributed by atoms with Crippen LogP contribution in [0.25, 0.3) is 0 Å². The first-order valence-electron chi connectivity index (χ1n) is 12.9. The third-order valence-corrected chi connectivity index (χ3v) is 6.29. The fraction of sp³-hybridized carbons (Fsp3) is 0.429. The molecule has 0 fully saturated rings. The first-order chi connectivity index (χ1) is 18.6. The maximum absolute atomic E-state index is 13.2. The maximum atomic E-state index is 13.2. The van der Waals surface area contributed by atoms with Crippen molar-refractivity contribution in [3.8, 4) is 11.5 Å². The summed E-state index contributed by atoms with van der Waals surface area (Å²) < 4.78 is 11.5. The highest BCUT2D eigenvalue weighted by molar-refractivity contribution is 6.30. The Morgan fingerprint density at radius 3 is 2.51 bits per heavy atom. The van der Waals surface area contributed by atoms with E-state index in [1.807, 2.05) is 13.8 Å². The number of carbonyl (C=O) groups is 4. The van der Waals surface area contributed by atoms with Gasteiger partial charge in [0.05, 0.1) is 18.2 Å². The molecule has 0 saturated carbocycles. The van der Waals surface area contributed by atoms with Crippen molar-refractivity contribution in [3.05, 3.63) is 59.1 Å². The van der Waals surface area contributed by atoms with Crippen LogP contribution in [0.15, 0.2) is 48.5 Å². The van der Waals surface area contributed by atoms with Crippen LogP contribution in [-0.4, -0.2) is 61.5 Å². The molecule has 3 rings (SSSR count). The van der Waals surface area contributed by atoms with E-state index in [0.29, 0.717) is 16.5 Å². The molecule has 2 aromatic carbocycles. The molecule has 0 aromatic heterocycles. The largest absolute Gasteiger partial charge is 0.492 e. The molecule has 1 aliphatic rings. The van der Waals surface area contributed by atoms with Gasteiger partial charge in [-0.15, -0.1) is 0 Å². The molecule has 0 spiro atoms. The summed E-state index contributed by atoms with van der Waals surface area (Å²) in [6.45, 7) is 5.90. The molecule has 2 aromatic rings. The molecule has 11 heteroatoms. The standard InChI is InChI=1S/C28H35ClN4O6/c1-17(2)25-28(37)31-18(3)16-39-23-7-5-4-6-21(23)26(35)32-22(12-13-24(34)33-25)27(36)30-14-15-38-20-10-8-19(29)9-11-20/h4-11,17-18,22,25H,12-16H2,1-3H3,(H,30,36)(H,31,37)(H,32,35)(H,33,34)/t18-,22-,25+/m0/s1. The van der Waals surface area contributed by atoms with E-state index in [0.717, 1.165) is 0 Å². The van der Waals surface area contributed by atoms with Crippen LogP contribution in [0.2, 0.25) is 5.02 Å². The smallest absolute Gasteiger partial charge is 0.255 e. The van der Waals surface area contributed by atoms with Gasteiger partial charge >= 0.3 is 0 Å². The van der Waals surface area contributed by atoms with E-state index in [9.17, 15) is 19.2 Å². The van der Waals surface area contributed by atoms with Gasteiger partial charge in [-0.05, 0) is 55.7 Å². The summed E-state index contributed by atoms with van der Waals surface area (Å²) in [6.07, 6.45) is -0.0584. The average Bonchev–Trinajstić information content (AvgIpc) is 2.91. The minimum Gasteiger partial charge on any atom is -0.492 e. The molecule has 0 aliphatic carbocycles. The van der Waals surface area contributed by atoms with Gasteiger partial charge in [-0.3, -0.25) is 19.2 Å². The van der Waals surface area contributed by atoms with E-state index < -0.39 is 29.8 Å². The molecule has 39 heavy (non-hydrogen) atoms. The van der Waals surface area contributed by atoms with Crippen LogP contribution in [0, 0.1) is 5.92 Å². The SMILES string of the molecule is CC(C)[C@H]1NC(=O)CC[C@@H](C(=O)NCCOc2ccc(Cl)cc2)NC(=O)c2ccccc2OC[C@H](C)NC1=O. The van der Waals surface area contributed by atoms with Gasteiger partial charge in [-0.2, -0.15) is 0 Å². The number of hydrogen-bond donors (Lipinski definition) is 4. The van der Waals surface area contributed by atoms with E-state index >= 15 is 0 Å². The van der Waals surface area contributed by atoms with Gasteiger partial charge in [-0.25, -0.2) is 0 Å². The van der Waals surface area contributed by atoms with Crippen molar-refractivity contribution in [2.75, 3.05) is 19.8 Å². The summed E-state index contributed by atoms with van der Waals surface area (Å²) in [5.74, 6) is -0.973. The zero-order valence-electron chi connectivity index (χ0n) is 22.3. The highest BCUT2D eigenvalue weighted by Crippen LogP contribution is 2.19. The second-order valence-electron chi connectivity index (χ2n) is 9.66. The average molecular weight is 559 g/mol. The van der Waals surface area contributed by atoms with Gasteiger partial charge in [0.1, 0.15) is 36.8 Å². The number of fused-ring (bicyclic) bond motifs is 1. The Morgan fingerprint density at radius 2 is 1.79 bits per heavy atom. The van der Waals surface area contributed by atoms with Crippen molar-refractivity contribution in [1.82, 2.24) is 21.3 Å². The van der Waals surface area contributed by atoms with E-state index in [1.54, 1.807) is 55.5 Å². The predicted octanol–water partition coefficient (Wildman–Crippen LogP) is 2.45. The normalized spacial score (nSPS) is 20.7. The van der Waals surface area contributed by atoms with Gasteiger partial charge in [-0.1, -0.05) is 37.6 Å². The maximum Gasteiger partial charge on any atom is 0.255 e. The number of halogens is 1.